The number of carboxylic acids is 2. The number of phenols is 1. The van der Waals surface area contributed by atoms with E-state index in [0.29, 0.717) is 24.1 Å². The molecule has 2 aromatic rings. The molecular formula is C47H73N13O12. The lowest BCUT2D eigenvalue weighted by Crippen LogP contribution is -2.62. The van der Waals surface area contributed by atoms with Crippen LogP contribution in [0.5, 0.6) is 5.75 Å². The smallest absolute Gasteiger partial charge is 0.326 e. The number of benzene rings is 1. The third-order valence-corrected chi connectivity index (χ3v) is 12.1. The number of carbonyl (C=O) groups is 9. The minimum absolute atomic E-state index is 0.0506. The lowest BCUT2D eigenvalue weighted by molar-refractivity contribution is -0.145. The number of likely N-dealkylation sites (tertiary alicyclic amines) is 1. The number of aromatic amines is 1. The van der Waals surface area contributed by atoms with Gasteiger partial charge in [-0.25, -0.2) is 9.78 Å². The second kappa shape index (κ2) is 28.5. The SMILES string of the molecule is CC[C@H](C)[C@H](NC(=O)[C@H](Cc1ccc(O)cc1)NC(=O)[C@@H](NC(=O)[C@H](CCCN=C(N)N)NC(=O)[C@@H](N)CC(=O)O)C(C)C)C(=O)N[C@@H](Cc1cnc[nH]1)C(=O)N1CCC[C@H]1C(=O)N[C@@H](CC(C)C)C(=O)O. The maximum absolute atomic E-state index is 14.5. The van der Waals surface area contributed by atoms with E-state index in [-0.39, 0.29) is 69.2 Å². The highest BCUT2D eigenvalue weighted by Crippen LogP contribution is 2.21. The van der Waals surface area contributed by atoms with Gasteiger partial charge in [0.1, 0.15) is 48.0 Å². The van der Waals surface area contributed by atoms with Gasteiger partial charge in [0.15, 0.2) is 5.96 Å². The molecule has 0 saturated carbocycles. The Bertz CT molecular complexity index is 2200. The van der Waals surface area contributed by atoms with E-state index in [0.717, 1.165) is 0 Å². The van der Waals surface area contributed by atoms with Crippen LogP contribution in [0.3, 0.4) is 0 Å². The third-order valence-electron chi connectivity index (χ3n) is 12.1. The van der Waals surface area contributed by atoms with Gasteiger partial charge in [-0.2, -0.15) is 0 Å². The molecule has 72 heavy (non-hydrogen) atoms. The molecule has 7 amide bonds. The zero-order chi connectivity index (χ0) is 53.8. The van der Waals surface area contributed by atoms with E-state index in [4.69, 9.17) is 22.3 Å². The number of guanidine groups is 1. The number of carbonyl (C=O) groups excluding carboxylic acids is 7. The molecule has 1 saturated heterocycles. The highest BCUT2D eigenvalue weighted by atomic mass is 16.4. The molecule has 25 heteroatoms. The van der Waals surface area contributed by atoms with Gasteiger partial charge >= 0.3 is 11.9 Å². The predicted molar refractivity (Wildman–Crippen MR) is 262 cm³/mol. The monoisotopic (exact) mass is 1010 g/mol. The van der Waals surface area contributed by atoms with Crippen LogP contribution in [0.15, 0.2) is 41.8 Å². The van der Waals surface area contributed by atoms with Crippen LogP contribution in [0.1, 0.15) is 97.7 Å². The van der Waals surface area contributed by atoms with Crippen molar-refractivity contribution in [3.05, 3.63) is 48.0 Å². The Morgan fingerprint density at radius 2 is 1.40 bits per heavy atom. The summed E-state index contributed by atoms with van der Waals surface area (Å²) in [6, 6.07) is -4.59. The van der Waals surface area contributed by atoms with Gasteiger partial charge in [0.05, 0.1) is 18.8 Å². The highest BCUT2D eigenvalue weighted by Gasteiger charge is 2.41. The molecule has 9 atom stereocenters. The van der Waals surface area contributed by atoms with Crippen LogP contribution >= 0.6 is 0 Å². The van der Waals surface area contributed by atoms with Gasteiger partial charge in [-0.3, -0.25) is 43.3 Å². The number of H-pyrrole nitrogens is 1. The van der Waals surface area contributed by atoms with Crippen LogP contribution in [-0.2, 0) is 56.0 Å². The number of imidazole rings is 1. The van der Waals surface area contributed by atoms with Crippen LogP contribution in [0.2, 0.25) is 0 Å². The van der Waals surface area contributed by atoms with E-state index in [1.807, 2.05) is 13.8 Å². The fourth-order valence-corrected chi connectivity index (χ4v) is 7.96. The number of rotatable bonds is 29. The Morgan fingerprint density at radius 3 is 1.97 bits per heavy atom. The first-order valence-electron chi connectivity index (χ1n) is 24.1. The van der Waals surface area contributed by atoms with E-state index < -0.39 is 120 Å². The van der Waals surface area contributed by atoms with Crippen LogP contribution in [0.4, 0.5) is 0 Å². The molecule has 0 bridgehead atoms. The molecule has 0 unspecified atom stereocenters. The molecule has 16 N–H and O–H groups in total. The van der Waals surface area contributed by atoms with Crippen molar-refractivity contribution in [2.45, 2.75) is 148 Å². The summed E-state index contributed by atoms with van der Waals surface area (Å²) in [5.41, 5.74) is 17.6. The van der Waals surface area contributed by atoms with Gasteiger partial charge < -0.3 is 74.3 Å². The molecule has 0 radical (unpaired) electrons. The van der Waals surface area contributed by atoms with Crippen molar-refractivity contribution in [2.75, 3.05) is 13.1 Å². The van der Waals surface area contributed by atoms with E-state index in [1.165, 1.54) is 41.7 Å². The number of nitrogens with zero attached hydrogens (tertiary/aromatic N) is 3. The minimum Gasteiger partial charge on any atom is -0.508 e. The molecule has 0 aliphatic carbocycles. The molecule has 1 aliphatic heterocycles. The predicted octanol–water partition coefficient (Wildman–Crippen LogP) is -1.51. The molecule has 0 spiro atoms. The number of hydrogen-bond donors (Lipinski definition) is 13. The van der Waals surface area contributed by atoms with Gasteiger partial charge in [0.2, 0.25) is 41.4 Å². The van der Waals surface area contributed by atoms with E-state index >= 15 is 0 Å². The first-order valence-corrected chi connectivity index (χ1v) is 24.1. The average molecular weight is 1010 g/mol. The molecule has 25 nitrogen and oxygen atoms in total. The number of aliphatic carboxylic acids is 2. The quantitative estimate of drug-likeness (QED) is 0.0250. The maximum atomic E-state index is 14.5. The average Bonchev–Trinajstić information content (AvgIpc) is 4.03. The fourth-order valence-electron chi connectivity index (χ4n) is 7.96. The summed E-state index contributed by atoms with van der Waals surface area (Å²) in [6.45, 7) is 10.6. The summed E-state index contributed by atoms with van der Waals surface area (Å²) in [6.07, 6.45) is 3.17. The first kappa shape index (κ1) is 59.0. The molecular weight excluding hydrogens is 939 g/mol. The molecule has 1 aliphatic rings. The number of nitrogens with one attached hydrogen (secondary N) is 7. The van der Waals surface area contributed by atoms with E-state index in [9.17, 15) is 53.4 Å². The summed E-state index contributed by atoms with van der Waals surface area (Å²) in [4.78, 5) is 133. The third kappa shape index (κ3) is 18.8. The fraction of sp³-hybridized carbons (Fsp3) is 0.596. The van der Waals surface area contributed by atoms with Crippen molar-refractivity contribution in [3.63, 3.8) is 0 Å². The highest BCUT2D eigenvalue weighted by molar-refractivity contribution is 5.98. The number of amides is 7. The Kier molecular flexibility index (Phi) is 23.4. The molecule has 1 fully saturated rings. The maximum Gasteiger partial charge on any atom is 0.326 e. The topological polar surface area (TPSA) is 409 Å². The largest absolute Gasteiger partial charge is 0.508 e. The van der Waals surface area contributed by atoms with Gasteiger partial charge in [-0.05, 0) is 67.6 Å². The van der Waals surface area contributed by atoms with Gasteiger partial charge in [-0.1, -0.05) is 60.1 Å². The molecule has 1 aromatic carbocycles. The number of aromatic hydroxyl groups is 1. The van der Waals surface area contributed by atoms with Crippen molar-refractivity contribution in [1.29, 1.82) is 0 Å². The first-order chi connectivity index (χ1) is 33.9. The number of carboxylic acid groups (broad SMARTS) is 2. The molecule has 1 aromatic heterocycles. The summed E-state index contributed by atoms with van der Waals surface area (Å²) in [7, 11) is 0. The van der Waals surface area contributed by atoms with Crippen LogP contribution in [-0.4, -0.2) is 151 Å². The number of nitrogens with two attached hydrogens (primary N) is 3. The molecule has 3 rings (SSSR count). The van der Waals surface area contributed by atoms with Crippen molar-refractivity contribution in [1.82, 2.24) is 46.8 Å². The standard InChI is InChI=1S/C47H73N13O12/c1-7-26(6)38(44(69)56-33(20-28-22-51-23-53-28)45(70)60-17-9-11-35(60)42(67)57-34(46(71)72)18-24(2)3)59-41(66)32(19-27-12-14-29(61)15-13-27)55-43(68)37(25(4)5)58-40(65)31(10-8-16-52-47(49)50)54-39(64)30(48)21-36(62)63/h12-15,22-26,30-35,37-38,61H,7-11,16-21,48H2,1-6H3,(H,51,53)(H,54,64)(H,55,68)(H,56,69)(H,57,67)(H,58,65)(H,59,66)(H,62,63)(H,71,72)(H4,49,50,52)/t26-,30-,31-,32-,33-,34-,35-,37-,38-/m0/s1. The number of phenolic OH excluding ortho intramolecular Hbond substituents is 1. The van der Waals surface area contributed by atoms with E-state index in [2.05, 4.69) is 46.9 Å². The Morgan fingerprint density at radius 1 is 0.792 bits per heavy atom. The zero-order valence-electron chi connectivity index (χ0n) is 41.7. The molecule has 398 valence electrons. The van der Waals surface area contributed by atoms with Crippen LogP contribution < -0.4 is 49.1 Å². The normalized spacial score (nSPS) is 16.7. The Hall–Kier alpha value is -7.31. The lowest BCUT2D eigenvalue weighted by atomic mass is 9.96. The molecule has 2 heterocycles. The number of hydrogen-bond acceptors (Lipinski definition) is 13. The minimum atomic E-state index is -1.51. The van der Waals surface area contributed by atoms with E-state index in [1.54, 1.807) is 27.7 Å². The Labute approximate surface area is 418 Å². The Balaban J connectivity index is 1.93. The van der Waals surface area contributed by atoms with Crippen LogP contribution in [0, 0.1) is 17.8 Å². The summed E-state index contributed by atoms with van der Waals surface area (Å²) >= 11 is 0. The zero-order valence-corrected chi connectivity index (χ0v) is 41.7. The lowest BCUT2D eigenvalue weighted by Gasteiger charge is -2.32. The number of aliphatic imine (C=N–C) groups is 1. The van der Waals surface area contributed by atoms with Crippen molar-refractivity contribution in [3.8, 4) is 5.75 Å². The van der Waals surface area contributed by atoms with Crippen molar-refractivity contribution in [2.24, 2.45) is 39.9 Å². The summed E-state index contributed by atoms with van der Waals surface area (Å²) in [5, 5.41) is 44.8. The summed E-state index contributed by atoms with van der Waals surface area (Å²) < 4.78 is 0. The van der Waals surface area contributed by atoms with Crippen LogP contribution in [0.25, 0.3) is 0 Å². The van der Waals surface area contributed by atoms with Gasteiger partial charge in [-0.15, -0.1) is 0 Å². The van der Waals surface area contributed by atoms with Crippen molar-refractivity contribution < 1.29 is 58.5 Å². The van der Waals surface area contributed by atoms with Crippen molar-refractivity contribution >= 4 is 59.2 Å². The second-order valence-corrected chi connectivity index (χ2v) is 18.8. The second-order valence-electron chi connectivity index (χ2n) is 18.8. The summed E-state index contributed by atoms with van der Waals surface area (Å²) in [5.74, 6) is -9.56. The van der Waals surface area contributed by atoms with Gasteiger partial charge in [0, 0.05) is 37.8 Å². The number of aromatic nitrogens is 2. The van der Waals surface area contributed by atoms with Gasteiger partial charge in [0.25, 0.3) is 0 Å².